The van der Waals surface area contributed by atoms with E-state index in [0.717, 1.165) is 0 Å². The van der Waals surface area contributed by atoms with Crippen LogP contribution < -0.4 is 10.1 Å². The van der Waals surface area contributed by atoms with Crippen molar-refractivity contribution in [2.45, 2.75) is 42.6 Å². The number of hydrogen-bond acceptors (Lipinski definition) is 7. The molecule has 4 rings (SSSR count). The molecule has 3 unspecified atom stereocenters. The van der Waals surface area contributed by atoms with E-state index >= 15 is 0 Å². The third kappa shape index (κ3) is 2.01. The number of aromatic hydroxyl groups is 1. The van der Waals surface area contributed by atoms with Gasteiger partial charge < -0.3 is 35.2 Å². The Kier molecular flexibility index (Phi) is 3.73. The predicted octanol–water partition coefficient (Wildman–Crippen LogP) is 0.0735. The summed E-state index contributed by atoms with van der Waals surface area (Å²) in [7, 11) is 2.92. The van der Waals surface area contributed by atoms with Crippen LogP contribution in [0.15, 0.2) is 23.5 Å². The van der Waals surface area contributed by atoms with Gasteiger partial charge in [0.2, 0.25) is 0 Å². The molecule has 5 N–H and O–H groups in total. The number of phenols is 1. The quantitative estimate of drug-likeness (QED) is 0.514. The third-order valence-electron chi connectivity index (χ3n) is 5.92. The number of hydrogen-bond donors (Lipinski definition) is 5. The maximum atomic E-state index is 10.9. The minimum atomic E-state index is -1.16. The lowest BCUT2D eigenvalue weighted by Gasteiger charge is -2.55. The van der Waals surface area contributed by atoms with Crippen molar-refractivity contribution < 1.29 is 29.9 Å². The summed E-state index contributed by atoms with van der Waals surface area (Å²) in [6.07, 6.45) is -2.23. The molecule has 136 valence electrons. The fraction of sp³-hybridized carbons (Fsp3) is 0.556. The lowest BCUT2D eigenvalue weighted by atomic mass is 9.55. The molecule has 0 radical (unpaired) electrons. The van der Waals surface area contributed by atoms with Crippen LogP contribution in [-0.4, -0.2) is 59.4 Å². The van der Waals surface area contributed by atoms with Crippen molar-refractivity contribution in [3.63, 3.8) is 0 Å². The second kappa shape index (κ2) is 5.60. The van der Waals surface area contributed by atoms with Crippen molar-refractivity contribution >= 4 is 0 Å². The Hall–Kier alpha value is -1.80. The number of phenolic OH excluding ortho intramolecular Hbond substituents is 1. The van der Waals surface area contributed by atoms with Crippen LogP contribution in [0, 0.1) is 0 Å². The van der Waals surface area contributed by atoms with Gasteiger partial charge in [-0.3, -0.25) is 0 Å². The Labute approximate surface area is 145 Å². The number of fused-ring (bicyclic) bond motifs is 1. The smallest absolute Gasteiger partial charge is 0.162 e. The fourth-order valence-electron chi connectivity index (χ4n) is 4.92. The molecule has 1 aliphatic heterocycles. The Morgan fingerprint density at radius 3 is 2.56 bits per heavy atom. The molecule has 1 aromatic rings. The van der Waals surface area contributed by atoms with E-state index in [9.17, 15) is 20.4 Å². The second-order valence-corrected chi connectivity index (χ2v) is 6.99. The number of ether oxygens (including phenoxy) is 2. The molecule has 2 bridgehead atoms. The van der Waals surface area contributed by atoms with Crippen molar-refractivity contribution in [2.24, 2.45) is 0 Å². The summed E-state index contributed by atoms with van der Waals surface area (Å²) in [4.78, 5) is 0. The highest BCUT2D eigenvalue weighted by Gasteiger charge is 2.58. The zero-order chi connectivity index (χ0) is 17.9. The number of aliphatic hydroxyl groups is 3. The summed E-state index contributed by atoms with van der Waals surface area (Å²) in [5.41, 5.74) is 1.17. The Balaban J connectivity index is 2.08. The zero-order valence-corrected chi connectivity index (χ0v) is 14.2. The van der Waals surface area contributed by atoms with Gasteiger partial charge in [0.15, 0.2) is 11.5 Å². The molecule has 25 heavy (non-hydrogen) atoms. The summed E-state index contributed by atoms with van der Waals surface area (Å²) in [5.74, 6) is 0.551. The second-order valence-electron chi connectivity index (χ2n) is 6.99. The Morgan fingerprint density at radius 2 is 1.88 bits per heavy atom. The van der Waals surface area contributed by atoms with E-state index in [0.29, 0.717) is 35.4 Å². The molecular weight excluding hydrogens is 326 g/mol. The molecule has 1 aromatic carbocycles. The van der Waals surface area contributed by atoms with E-state index in [1.807, 2.05) is 0 Å². The molecule has 1 heterocycles. The number of methoxy groups -OCH3 is 2. The average Bonchev–Trinajstić information content (AvgIpc) is 2.60. The summed E-state index contributed by atoms with van der Waals surface area (Å²) >= 11 is 0. The molecule has 2 aliphatic carbocycles. The van der Waals surface area contributed by atoms with Crippen LogP contribution >= 0.6 is 0 Å². The minimum Gasteiger partial charge on any atom is -0.504 e. The minimum absolute atomic E-state index is 0.0315. The average molecular weight is 349 g/mol. The summed E-state index contributed by atoms with van der Waals surface area (Å²) in [6.45, 7) is 0.612. The van der Waals surface area contributed by atoms with Crippen molar-refractivity contribution in [1.82, 2.24) is 5.32 Å². The van der Waals surface area contributed by atoms with Crippen LogP contribution in [0.5, 0.6) is 11.5 Å². The highest BCUT2D eigenvalue weighted by atomic mass is 16.5. The van der Waals surface area contributed by atoms with Crippen LogP contribution in [0.4, 0.5) is 0 Å². The van der Waals surface area contributed by atoms with Gasteiger partial charge in [0.25, 0.3) is 0 Å². The predicted molar refractivity (Wildman–Crippen MR) is 88.4 cm³/mol. The van der Waals surface area contributed by atoms with Gasteiger partial charge in [0.05, 0.1) is 32.5 Å². The fourth-order valence-corrected chi connectivity index (χ4v) is 4.92. The van der Waals surface area contributed by atoms with E-state index in [-0.39, 0.29) is 17.9 Å². The van der Waals surface area contributed by atoms with Crippen molar-refractivity contribution in [1.29, 1.82) is 0 Å². The molecule has 0 amide bonds. The highest BCUT2D eigenvalue weighted by molar-refractivity contribution is 5.63. The van der Waals surface area contributed by atoms with E-state index in [1.165, 1.54) is 14.2 Å². The molecule has 0 saturated carbocycles. The number of nitrogens with one attached hydrogen (secondary N) is 1. The van der Waals surface area contributed by atoms with E-state index in [4.69, 9.17) is 9.47 Å². The topological polar surface area (TPSA) is 111 Å². The van der Waals surface area contributed by atoms with E-state index in [1.54, 1.807) is 12.1 Å². The molecular formula is C18H23NO6. The lowest BCUT2D eigenvalue weighted by molar-refractivity contribution is -0.0330. The van der Waals surface area contributed by atoms with Crippen molar-refractivity contribution in [3.05, 3.63) is 34.6 Å². The summed E-state index contributed by atoms with van der Waals surface area (Å²) in [5, 5.41) is 45.9. The van der Waals surface area contributed by atoms with Crippen LogP contribution in [0.2, 0.25) is 0 Å². The maximum absolute atomic E-state index is 10.9. The molecule has 7 heteroatoms. The van der Waals surface area contributed by atoms with Gasteiger partial charge in [-0.2, -0.15) is 0 Å². The first kappa shape index (κ1) is 16.7. The largest absolute Gasteiger partial charge is 0.504 e. The zero-order valence-electron chi connectivity index (χ0n) is 14.2. The number of piperidine rings is 1. The molecule has 1 fully saturated rings. The summed E-state index contributed by atoms with van der Waals surface area (Å²) < 4.78 is 10.7. The molecule has 0 aromatic heterocycles. The maximum Gasteiger partial charge on any atom is 0.162 e. The molecule has 5 atom stereocenters. The SMILES string of the molecule is COC1=C2[C@@H]3NCC[C@@]2(CC(O)C1O)c1c(ccc(OC)c1O)C3O. The van der Waals surface area contributed by atoms with Gasteiger partial charge in [0, 0.05) is 16.6 Å². The van der Waals surface area contributed by atoms with Crippen molar-refractivity contribution in [3.8, 4) is 11.5 Å². The molecule has 1 saturated heterocycles. The summed E-state index contributed by atoms with van der Waals surface area (Å²) in [6, 6.07) is 2.94. The van der Waals surface area contributed by atoms with Gasteiger partial charge in [-0.05, 0) is 31.0 Å². The first-order valence-corrected chi connectivity index (χ1v) is 8.42. The van der Waals surface area contributed by atoms with Gasteiger partial charge in [-0.25, -0.2) is 0 Å². The number of rotatable bonds is 2. The first-order chi connectivity index (χ1) is 12.0. The van der Waals surface area contributed by atoms with Gasteiger partial charge in [-0.1, -0.05) is 6.07 Å². The Bertz CT molecular complexity index is 747. The monoisotopic (exact) mass is 349 g/mol. The van der Waals surface area contributed by atoms with Crippen LogP contribution in [0.1, 0.15) is 30.1 Å². The molecule has 3 aliphatic rings. The van der Waals surface area contributed by atoms with Crippen LogP contribution in [-0.2, 0) is 10.2 Å². The molecule has 0 spiro atoms. The first-order valence-electron chi connectivity index (χ1n) is 8.42. The lowest BCUT2D eigenvalue weighted by Crippen LogP contribution is -2.60. The van der Waals surface area contributed by atoms with E-state index < -0.39 is 29.8 Å². The standard InChI is InChI=1S/C18H23NO6/c1-24-10-4-3-8-11(16(10)23)18-5-6-19-13(14(8)21)12(18)17(25-2)15(22)9(20)7-18/h3-4,9,13-15,19-23H,5-7H2,1-2H3/t9?,13-,14?,15?,18+/m0/s1. The normalized spacial score (nSPS) is 36.5. The van der Waals surface area contributed by atoms with Crippen molar-refractivity contribution in [2.75, 3.05) is 20.8 Å². The number of aliphatic hydroxyl groups excluding tert-OH is 3. The van der Waals surface area contributed by atoms with Crippen LogP contribution in [0.3, 0.4) is 0 Å². The van der Waals surface area contributed by atoms with Gasteiger partial charge in [0.1, 0.15) is 11.9 Å². The van der Waals surface area contributed by atoms with E-state index in [2.05, 4.69) is 5.32 Å². The highest BCUT2D eigenvalue weighted by Crippen LogP contribution is 2.59. The van der Waals surface area contributed by atoms with Gasteiger partial charge >= 0.3 is 0 Å². The number of benzene rings is 1. The molecule has 7 nitrogen and oxygen atoms in total. The van der Waals surface area contributed by atoms with Crippen LogP contribution in [0.25, 0.3) is 0 Å². The van der Waals surface area contributed by atoms with Gasteiger partial charge in [-0.15, -0.1) is 0 Å². The Morgan fingerprint density at radius 1 is 1.12 bits per heavy atom. The third-order valence-corrected chi connectivity index (χ3v) is 5.92.